The topological polar surface area (TPSA) is 0 Å². The van der Waals surface area contributed by atoms with Gasteiger partial charge in [-0.2, -0.15) is 13.3 Å². The van der Waals surface area contributed by atoms with Gasteiger partial charge in [-0.3, -0.25) is 0 Å². The Morgan fingerprint density at radius 3 is 2.00 bits per heavy atom. The molecule has 0 bridgehead atoms. The van der Waals surface area contributed by atoms with Crippen LogP contribution in [0.3, 0.4) is 0 Å². The van der Waals surface area contributed by atoms with Gasteiger partial charge in [0, 0.05) is 0 Å². The predicted octanol–water partition coefficient (Wildman–Crippen LogP) is 2.85. The number of halogens is 1. The van der Waals surface area contributed by atoms with Crippen LogP contribution in [0.5, 0.6) is 0 Å². The molecule has 0 aromatic carbocycles. The summed E-state index contributed by atoms with van der Waals surface area (Å²) in [5.74, 6) is 0. The molecule has 0 N–H and O–H groups in total. The molecule has 0 aliphatic heterocycles. The Labute approximate surface area is 63.1 Å². The van der Waals surface area contributed by atoms with Crippen LogP contribution in [0.1, 0.15) is 26.7 Å². The molecule has 0 saturated carbocycles. The summed E-state index contributed by atoms with van der Waals surface area (Å²) in [6, 6.07) is 0. The van der Waals surface area contributed by atoms with Crippen LogP contribution in [0, 0.1) is 6.42 Å². The molecule has 0 fully saturated rings. The van der Waals surface area contributed by atoms with Crippen LogP contribution >= 0.6 is 13.6 Å². The predicted molar refractivity (Wildman–Crippen MR) is 33.8 cm³/mol. The van der Waals surface area contributed by atoms with Gasteiger partial charge in [-0.25, -0.2) is 0 Å². The van der Waals surface area contributed by atoms with Crippen molar-refractivity contribution in [2.75, 3.05) is 0 Å². The number of hydrogen-bond acceptors (Lipinski definition) is 0. The average Bonchev–Trinajstić information content (AvgIpc) is 1.75. The quantitative estimate of drug-likeness (QED) is 0.492. The van der Waals surface area contributed by atoms with E-state index in [1.165, 1.54) is 29.2 Å². The van der Waals surface area contributed by atoms with E-state index in [1.54, 1.807) is 0 Å². The first-order valence-corrected chi connectivity index (χ1v) is 9.41. The number of rotatable bonds is 2. The standard InChI is InChI=1S/C5H11.BrH.Zn/c1-3-5-4-2;;/h3H,4-5H2,1-2H3;1H;/q-1;;+2/p-1. The Hall–Kier alpha value is 1.10. The van der Waals surface area contributed by atoms with Crippen LogP contribution in [0.2, 0.25) is 0 Å². The van der Waals surface area contributed by atoms with Crippen molar-refractivity contribution >= 4 is 13.6 Å². The molecule has 0 saturated heterocycles. The molecule has 0 amide bonds. The van der Waals surface area contributed by atoms with Crippen molar-refractivity contribution < 1.29 is 16.3 Å². The van der Waals surface area contributed by atoms with Crippen molar-refractivity contribution in [1.29, 1.82) is 0 Å². The van der Waals surface area contributed by atoms with Gasteiger partial charge in [0.1, 0.15) is 0 Å². The molecule has 0 atom stereocenters. The first kappa shape index (κ1) is 11.0. The summed E-state index contributed by atoms with van der Waals surface area (Å²) < 4.78 is 0. The third-order valence-corrected chi connectivity index (χ3v) is 0.577. The van der Waals surface area contributed by atoms with Gasteiger partial charge >= 0.3 is 30.0 Å². The molecule has 2 heteroatoms. The van der Waals surface area contributed by atoms with E-state index >= 15 is 0 Å². The monoisotopic (exact) mass is 214 g/mol. The van der Waals surface area contributed by atoms with Gasteiger partial charge in [-0.1, -0.05) is 13.3 Å². The Kier molecular flexibility index (Phi) is 24.6. The molecule has 0 aliphatic carbocycles. The molecular weight excluding hydrogens is 205 g/mol. The van der Waals surface area contributed by atoms with Gasteiger partial charge in [0.05, 0.1) is 0 Å². The van der Waals surface area contributed by atoms with Crippen molar-refractivity contribution in [3.63, 3.8) is 0 Å². The van der Waals surface area contributed by atoms with E-state index < -0.39 is 0 Å². The molecule has 7 heavy (non-hydrogen) atoms. The van der Waals surface area contributed by atoms with Crippen molar-refractivity contribution in [2.24, 2.45) is 0 Å². The second-order valence-electron chi connectivity index (χ2n) is 1.20. The number of unbranched alkanes of at least 4 members (excludes halogenated alkanes) is 2. The summed E-state index contributed by atoms with van der Waals surface area (Å²) in [5, 5.41) is 0. The fourth-order valence-electron chi connectivity index (χ4n) is 0.289. The van der Waals surface area contributed by atoms with E-state index in [4.69, 9.17) is 0 Å². The van der Waals surface area contributed by atoms with Crippen molar-refractivity contribution in [2.45, 2.75) is 26.7 Å². The molecule has 0 spiro atoms. The van der Waals surface area contributed by atoms with Gasteiger partial charge in [-0.05, 0) is 0 Å². The summed E-state index contributed by atoms with van der Waals surface area (Å²) in [6.45, 7) is 4.27. The zero-order chi connectivity index (χ0) is 6.12. The summed E-state index contributed by atoms with van der Waals surface area (Å²) in [5.41, 5.74) is 0. The van der Waals surface area contributed by atoms with Crippen LogP contribution in [-0.2, 0) is 16.3 Å². The summed E-state index contributed by atoms with van der Waals surface area (Å²) >= 11 is 4.25. The minimum atomic E-state index is 1.19. The van der Waals surface area contributed by atoms with E-state index in [0.29, 0.717) is 0 Å². The summed E-state index contributed by atoms with van der Waals surface area (Å²) in [6.07, 6.45) is 4.73. The first-order valence-electron chi connectivity index (χ1n) is 2.46. The van der Waals surface area contributed by atoms with E-state index in [2.05, 4.69) is 33.9 Å². The second-order valence-corrected chi connectivity index (χ2v) is 1.20. The molecule has 0 radical (unpaired) electrons. The van der Waals surface area contributed by atoms with Gasteiger partial charge < -0.3 is 6.42 Å². The van der Waals surface area contributed by atoms with Gasteiger partial charge in [0.2, 0.25) is 0 Å². The SMILES string of the molecule is C[CH-]CCC.[Zn+][Br]. The van der Waals surface area contributed by atoms with E-state index in [0.717, 1.165) is 0 Å². The molecule has 0 aromatic heterocycles. The van der Waals surface area contributed by atoms with Crippen LogP contribution in [0.25, 0.3) is 0 Å². The maximum absolute atomic E-state index is 3.06. The zero-order valence-electron chi connectivity index (χ0n) is 5.08. The molecule has 0 aromatic rings. The number of hydrogen-bond donors (Lipinski definition) is 0. The van der Waals surface area contributed by atoms with Crippen molar-refractivity contribution in [1.82, 2.24) is 0 Å². The van der Waals surface area contributed by atoms with Gasteiger partial charge in [0.25, 0.3) is 0 Å². The summed E-state index contributed by atoms with van der Waals surface area (Å²) in [7, 11) is 0. The minimum absolute atomic E-state index is 1.19. The van der Waals surface area contributed by atoms with Crippen LogP contribution in [0.4, 0.5) is 0 Å². The maximum atomic E-state index is 3.06. The van der Waals surface area contributed by atoms with Crippen LogP contribution in [0.15, 0.2) is 0 Å². The average molecular weight is 216 g/mol. The fraction of sp³-hybridized carbons (Fsp3) is 0.800. The normalized spacial score (nSPS) is 7.00. The fourth-order valence-corrected chi connectivity index (χ4v) is 0.289. The molecule has 0 unspecified atom stereocenters. The van der Waals surface area contributed by atoms with Crippen LogP contribution in [-0.4, -0.2) is 0 Å². The van der Waals surface area contributed by atoms with Crippen molar-refractivity contribution in [3.8, 4) is 0 Å². The molecule has 0 aliphatic rings. The third-order valence-electron chi connectivity index (χ3n) is 0.577. The first-order chi connectivity index (χ1) is 3.41. The Bertz CT molecular complexity index is 15.6. The third kappa shape index (κ3) is 19.2. The second kappa shape index (κ2) is 15.7. The summed E-state index contributed by atoms with van der Waals surface area (Å²) in [4.78, 5) is 0. The Morgan fingerprint density at radius 2 is 2.00 bits per heavy atom. The molecular formula is C5H11BrZn. The Balaban J connectivity index is 0. The van der Waals surface area contributed by atoms with Gasteiger partial charge in [-0.15, -0.1) is 0 Å². The van der Waals surface area contributed by atoms with E-state index in [1.807, 2.05) is 0 Å². The molecule has 0 heterocycles. The molecule has 0 rings (SSSR count). The van der Waals surface area contributed by atoms with E-state index in [9.17, 15) is 0 Å². The van der Waals surface area contributed by atoms with E-state index in [-0.39, 0.29) is 0 Å². The molecule has 40 valence electrons. The van der Waals surface area contributed by atoms with Crippen molar-refractivity contribution in [3.05, 3.63) is 6.42 Å². The van der Waals surface area contributed by atoms with Gasteiger partial charge in [0.15, 0.2) is 0 Å². The molecule has 0 nitrogen and oxygen atoms in total. The zero-order valence-corrected chi connectivity index (χ0v) is 9.63. The van der Waals surface area contributed by atoms with Crippen LogP contribution < -0.4 is 0 Å². The Morgan fingerprint density at radius 1 is 1.57 bits per heavy atom.